The van der Waals surface area contributed by atoms with Crippen LogP contribution in [0.1, 0.15) is 13.8 Å². The van der Waals surface area contributed by atoms with Gasteiger partial charge in [0.05, 0.1) is 12.7 Å². The van der Waals surface area contributed by atoms with Gasteiger partial charge in [-0.15, -0.1) is 0 Å². The summed E-state index contributed by atoms with van der Waals surface area (Å²) in [7, 11) is -3.67. The lowest BCUT2D eigenvalue weighted by atomic mass is 10.2. The van der Waals surface area contributed by atoms with E-state index >= 15 is 0 Å². The third kappa shape index (κ3) is 2.36. The molecular weight excluding hydrogens is 254 g/mol. The van der Waals surface area contributed by atoms with Crippen LogP contribution in [0.2, 0.25) is 0 Å². The number of hydrogen-bond acceptors (Lipinski definition) is 4. The first-order valence-corrected chi connectivity index (χ1v) is 7.28. The van der Waals surface area contributed by atoms with Crippen molar-refractivity contribution >= 4 is 10.0 Å². The van der Waals surface area contributed by atoms with Crippen molar-refractivity contribution in [2.45, 2.75) is 30.9 Å². The normalized spacial score (nSPS) is 26.1. The molecule has 18 heavy (non-hydrogen) atoms. The van der Waals surface area contributed by atoms with Gasteiger partial charge in [-0.05, 0) is 26.0 Å². The Morgan fingerprint density at radius 3 is 2.67 bits per heavy atom. The average molecular weight is 271 g/mol. The highest BCUT2D eigenvalue weighted by atomic mass is 32.2. The van der Waals surface area contributed by atoms with Crippen molar-refractivity contribution in [3.05, 3.63) is 24.3 Å². The standard InChI is InChI=1S/C12H17NO4S/c1-9-8-17-10(2)7-13(9)18(15,16)12-6-4-3-5-11(12)14/h3-6,9-10,14H,7-8H2,1-2H3. The van der Waals surface area contributed by atoms with Crippen LogP contribution in [0.3, 0.4) is 0 Å². The molecule has 1 aliphatic rings. The van der Waals surface area contributed by atoms with Crippen molar-refractivity contribution in [1.29, 1.82) is 0 Å². The molecule has 0 saturated carbocycles. The first-order valence-electron chi connectivity index (χ1n) is 5.84. The monoisotopic (exact) mass is 271 g/mol. The van der Waals surface area contributed by atoms with Crippen LogP contribution in [0.4, 0.5) is 0 Å². The van der Waals surface area contributed by atoms with Gasteiger partial charge in [0.2, 0.25) is 10.0 Å². The molecule has 0 bridgehead atoms. The Morgan fingerprint density at radius 2 is 2.00 bits per heavy atom. The van der Waals surface area contributed by atoms with Gasteiger partial charge in [-0.25, -0.2) is 8.42 Å². The topological polar surface area (TPSA) is 66.8 Å². The Hall–Kier alpha value is -1.11. The summed E-state index contributed by atoms with van der Waals surface area (Å²) in [6.45, 7) is 4.30. The fourth-order valence-electron chi connectivity index (χ4n) is 2.01. The van der Waals surface area contributed by atoms with Crippen molar-refractivity contribution in [3.8, 4) is 5.75 Å². The summed E-state index contributed by atoms with van der Waals surface area (Å²) in [5.41, 5.74) is 0. The fraction of sp³-hybridized carbons (Fsp3) is 0.500. The lowest BCUT2D eigenvalue weighted by Gasteiger charge is -2.35. The maximum Gasteiger partial charge on any atom is 0.247 e. The van der Waals surface area contributed by atoms with Gasteiger partial charge in [0.15, 0.2) is 0 Å². The van der Waals surface area contributed by atoms with Gasteiger partial charge >= 0.3 is 0 Å². The number of phenolic OH excluding ortho intramolecular Hbond substituents is 1. The van der Waals surface area contributed by atoms with Gasteiger partial charge < -0.3 is 9.84 Å². The zero-order valence-electron chi connectivity index (χ0n) is 10.4. The molecule has 1 N–H and O–H groups in total. The van der Waals surface area contributed by atoms with Crippen LogP contribution in [0, 0.1) is 0 Å². The molecule has 6 heteroatoms. The number of benzene rings is 1. The van der Waals surface area contributed by atoms with Crippen LogP contribution in [0.5, 0.6) is 5.75 Å². The van der Waals surface area contributed by atoms with Gasteiger partial charge in [0.25, 0.3) is 0 Å². The van der Waals surface area contributed by atoms with Gasteiger partial charge in [0.1, 0.15) is 10.6 Å². The van der Waals surface area contributed by atoms with E-state index in [-0.39, 0.29) is 22.8 Å². The lowest BCUT2D eigenvalue weighted by Crippen LogP contribution is -2.50. The Bertz CT molecular complexity index is 529. The smallest absolute Gasteiger partial charge is 0.247 e. The highest BCUT2D eigenvalue weighted by Gasteiger charge is 2.35. The Morgan fingerprint density at radius 1 is 1.33 bits per heavy atom. The van der Waals surface area contributed by atoms with Crippen LogP contribution in [-0.4, -0.2) is 43.1 Å². The van der Waals surface area contributed by atoms with Crippen molar-refractivity contribution in [2.24, 2.45) is 0 Å². The fourth-order valence-corrected chi connectivity index (χ4v) is 3.79. The van der Waals surface area contributed by atoms with Gasteiger partial charge in [-0.2, -0.15) is 4.31 Å². The largest absolute Gasteiger partial charge is 0.507 e. The van der Waals surface area contributed by atoms with Gasteiger partial charge in [0, 0.05) is 12.6 Å². The molecule has 100 valence electrons. The average Bonchev–Trinajstić information content (AvgIpc) is 2.32. The molecule has 1 heterocycles. The maximum atomic E-state index is 12.5. The number of sulfonamides is 1. The first kappa shape index (κ1) is 13.3. The molecule has 2 unspecified atom stereocenters. The van der Waals surface area contributed by atoms with E-state index in [4.69, 9.17) is 4.74 Å². The number of hydrogen-bond donors (Lipinski definition) is 1. The maximum absolute atomic E-state index is 12.5. The third-order valence-electron chi connectivity index (χ3n) is 3.00. The summed E-state index contributed by atoms with van der Waals surface area (Å²) < 4.78 is 31.7. The van der Waals surface area contributed by atoms with Crippen molar-refractivity contribution < 1.29 is 18.3 Å². The van der Waals surface area contributed by atoms with E-state index in [0.717, 1.165) is 0 Å². The van der Waals surface area contributed by atoms with Gasteiger partial charge in [-0.3, -0.25) is 0 Å². The Labute approximate surface area is 107 Å². The minimum Gasteiger partial charge on any atom is -0.507 e. The summed E-state index contributed by atoms with van der Waals surface area (Å²) in [6, 6.07) is 5.76. The predicted molar refractivity (Wildman–Crippen MR) is 66.9 cm³/mol. The number of rotatable bonds is 2. The molecule has 2 atom stereocenters. The third-order valence-corrected chi connectivity index (χ3v) is 5.03. The van der Waals surface area contributed by atoms with E-state index < -0.39 is 10.0 Å². The molecule has 1 aromatic carbocycles. The number of morpholine rings is 1. The SMILES string of the molecule is CC1CN(S(=O)(=O)c2ccccc2O)C(C)CO1. The van der Waals surface area contributed by atoms with E-state index in [9.17, 15) is 13.5 Å². The molecule has 0 amide bonds. The van der Waals surface area contributed by atoms with Crippen LogP contribution < -0.4 is 0 Å². The molecule has 5 nitrogen and oxygen atoms in total. The molecule has 1 aliphatic heterocycles. The molecule has 2 rings (SSSR count). The number of phenols is 1. The highest BCUT2D eigenvalue weighted by molar-refractivity contribution is 7.89. The van der Waals surface area contributed by atoms with Crippen LogP contribution in [-0.2, 0) is 14.8 Å². The molecule has 1 saturated heterocycles. The number of para-hydroxylation sites is 1. The van der Waals surface area contributed by atoms with Crippen LogP contribution in [0.15, 0.2) is 29.2 Å². The first-order chi connectivity index (χ1) is 8.43. The molecule has 0 aromatic heterocycles. The van der Waals surface area contributed by atoms with Crippen molar-refractivity contribution in [3.63, 3.8) is 0 Å². The molecule has 0 aliphatic carbocycles. The summed E-state index contributed by atoms with van der Waals surface area (Å²) in [5, 5.41) is 9.69. The number of nitrogens with zero attached hydrogens (tertiary/aromatic N) is 1. The predicted octanol–water partition coefficient (Wildman–Crippen LogP) is 1.19. The second-order valence-electron chi connectivity index (χ2n) is 4.54. The zero-order chi connectivity index (χ0) is 13.3. The zero-order valence-corrected chi connectivity index (χ0v) is 11.2. The molecule has 1 aromatic rings. The minimum atomic E-state index is -3.67. The van der Waals surface area contributed by atoms with E-state index in [1.165, 1.54) is 16.4 Å². The Kier molecular flexibility index (Phi) is 3.61. The van der Waals surface area contributed by atoms with E-state index in [2.05, 4.69) is 0 Å². The summed E-state index contributed by atoms with van der Waals surface area (Å²) in [5.74, 6) is -0.219. The second-order valence-corrected chi connectivity index (χ2v) is 6.39. The molecular formula is C12H17NO4S. The minimum absolute atomic E-state index is 0.0500. The number of aromatic hydroxyl groups is 1. The second kappa shape index (κ2) is 4.87. The summed E-state index contributed by atoms with van der Waals surface area (Å²) in [4.78, 5) is -0.0500. The van der Waals surface area contributed by atoms with Crippen LogP contribution >= 0.6 is 0 Å². The van der Waals surface area contributed by atoms with Crippen molar-refractivity contribution in [1.82, 2.24) is 4.31 Å². The lowest BCUT2D eigenvalue weighted by molar-refractivity contribution is -0.0171. The highest BCUT2D eigenvalue weighted by Crippen LogP contribution is 2.28. The molecule has 0 radical (unpaired) electrons. The van der Waals surface area contributed by atoms with E-state index in [0.29, 0.717) is 13.2 Å². The summed E-state index contributed by atoms with van der Waals surface area (Å²) >= 11 is 0. The number of ether oxygens (including phenoxy) is 1. The van der Waals surface area contributed by atoms with E-state index in [1.54, 1.807) is 19.1 Å². The molecule has 0 spiro atoms. The molecule has 1 fully saturated rings. The Balaban J connectivity index is 2.39. The van der Waals surface area contributed by atoms with E-state index in [1.807, 2.05) is 6.92 Å². The van der Waals surface area contributed by atoms with Gasteiger partial charge in [-0.1, -0.05) is 12.1 Å². The quantitative estimate of drug-likeness (QED) is 0.877. The van der Waals surface area contributed by atoms with Crippen molar-refractivity contribution in [2.75, 3.05) is 13.2 Å². The van der Waals surface area contributed by atoms with Crippen LogP contribution in [0.25, 0.3) is 0 Å². The summed E-state index contributed by atoms with van der Waals surface area (Å²) in [6.07, 6.45) is -0.137.